The molecule has 1 aromatic rings. The van der Waals surface area contributed by atoms with Crippen molar-refractivity contribution in [3.8, 4) is 11.5 Å². The van der Waals surface area contributed by atoms with Crippen LogP contribution in [0.3, 0.4) is 0 Å². The first-order chi connectivity index (χ1) is 8.81. The summed E-state index contributed by atoms with van der Waals surface area (Å²) in [5.74, 6) is 0.648. The fourth-order valence-electron chi connectivity index (χ4n) is 2.14. The van der Waals surface area contributed by atoms with Crippen LogP contribution in [0.4, 0.5) is 0 Å². The molecule has 106 valence electrons. The van der Waals surface area contributed by atoms with Crippen LogP contribution in [0.2, 0.25) is 0 Å². The number of aryl methyl sites for hydroxylation is 1. The molecule has 0 aliphatic heterocycles. The molecule has 1 rings (SSSR count). The highest BCUT2D eigenvalue weighted by molar-refractivity contribution is 5.69. The Kier molecular flexibility index (Phi) is 4.81. The maximum atomic E-state index is 11.0. The van der Waals surface area contributed by atoms with Crippen LogP contribution in [0.5, 0.6) is 11.5 Å². The van der Waals surface area contributed by atoms with Crippen LogP contribution in [0.25, 0.3) is 0 Å². The van der Waals surface area contributed by atoms with Crippen molar-refractivity contribution < 1.29 is 19.4 Å². The van der Waals surface area contributed by atoms with E-state index in [9.17, 15) is 4.79 Å². The van der Waals surface area contributed by atoms with Gasteiger partial charge in [0.25, 0.3) is 0 Å². The predicted octanol–water partition coefficient (Wildman–Crippen LogP) is 3.15. The number of hydrogen-bond acceptors (Lipinski definition) is 3. The third-order valence-electron chi connectivity index (χ3n) is 3.12. The first-order valence-electron chi connectivity index (χ1n) is 6.35. The lowest BCUT2D eigenvalue weighted by atomic mass is 9.80. The van der Waals surface area contributed by atoms with Crippen LogP contribution in [-0.4, -0.2) is 24.8 Å². The molecule has 0 unspecified atom stereocenters. The monoisotopic (exact) mass is 266 g/mol. The van der Waals surface area contributed by atoms with Gasteiger partial charge in [-0.2, -0.15) is 0 Å². The lowest BCUT2D eigenvalue weighted by Crippen LogP contribution is -2.22. The maximum Gasteiger partial charge on any atom is 0.304 e. The van der Waals surface area contributed by atoms with Gasteiger partial charge in [0.15, 0.2) is 0 Å². The Morgan fingerprint density at radius 3 is 2.42 bits per heavy atom. The number of carboxylic acids is 1. The summed E-state index contributed by atoms with van der Waals surface area (Å²) < 4.78 is 11.0. The number of ether oxygens (including phenoxy) is 2. The topological polar surface area (TPSA) is 55.8 Å². The van der Waals surface area contributed by atoms with E-state index in [0.29, 0.717) is 12.4 Å². The Balaban J connectivity index is 3.30. The number of aliphatic carboxylic acids is 1. The molecule has 0 heterocycles. The number of rotatable bonds is 6. The van der Waals surface area contributed by atoms with Gasteiger partial charge in [0, 0.05) is 11.0 Å². The molecule has 0 fully saturated rings. The zero-order valence-corrected chi connectivity index (χ0v) is 12.2. The molecule has 0 saturated heterocycles. The first-order valence-corrected chi connectivity index (χ1v) is 6.35. The minimum absolute atomic E-state index is 0.0397. The number of benzene rings is 1. The molecule has 0 bridgehead atoms. The largest absolute Gasteiger partial charge is 0.496 e. The molecule has 0 aliphatic rings. The molecular formula is C15H22O4. The van der Waals surface area contributed by atoms with Gasteiger partial charge in [-0.05, 0) is 31.5 Å². The van der Waals surface area contributed by atoms with Crippen molar-refractivity contribution in [2.45, 2.75) is 39.5 Å². The van der Waals surface area contributed by atoms with Crippen molar-refractivity contribution >= 4 is 5.97 Å². The quantitative estimate of drug-likeness (QED) is 0.859. The van der Waals surface area contributed by atoms with E-state index in [1.54, 1.807) is 7.11 Å². The van der Waals surface area contributed by atoms with Crippen molar-refractivity contribution in [3.63, 3.8) is 0 Å². The highest BCUT2D eigenvalue weighted by Gasteiger charge is 2.28. The Bertz CT molecular complexity index is 463. The smallest absolute Gasteiger partial charge is 0.304 e. The summed E-state index contributed by atoms with van der Waals surface area (Å²) in [6.45, 7) is 8.23. The average Bonchev–Trinajstić information content (AvgIpc) is 2.29. The first kappa shape index (κ1) is 15.3. The molecule has 0 amide bonds. The van der Waals surface area contributed by atoms with Crippen molar-refractivity contribution in [2.75, 3.05) is 13.7 Å². The van der Waals surface area contributed by atoms with Crippen molar-refractivity contribution in [1.82, 2.24) is 0 Å². The highest BCUT2D eigenvalue weighted by Crippen LogP contribution is 2.38. The fraction of sp³-hybridized carbons (Fsp3) is 0.533. The molecule has 1 N–H and O–H groups in total. The van der Waals surface area contributed by atoms with Gasteiger partial charge in [-0.3, -0.25) is 4.79 Å². The SMILES string of the molecule is CCOc1cc(C(C)(C)CC(=O)O)c(OC)cc1C. The molecular weight excluding hydrogens is 244 g/mol. The van der Waals surface area contributed by atoms with Crippen LogP contribution in [0, 0.1) is 6.92 Å². The Morgan fingerprint density at radius 1 is 1.32 bits per heavy atom. The normalized spacial score (nSPS) is 11.2. The van der Waals surface area contributed by atoms with E-state index in [1.165, 1.54) is 0 Å². The van der Waals surface area contributed by atoms with Crippen molar-refractivity contribution in [2.24, 2.45) is 0 Å². The lowest BCUT2D eigenvalue weighted by Gasteiger charge is -2.26. The van der Waals surface area contributed by atoms with E-state index < -0.39 is 11.4 Å². The van der Waals surface area contributed by atoms with Crippen LogP contribution < -0.4 is 9.47 Å². The average molecular weight is 266 g/mol. The van der Waals surface area contributed by atoms with E-state index in [4.69, 9.17) is 14.6 Å². The molecule has 19 heavy (non-hydrogen) atoms. The third-order valence-corrected chi connectivity index (χ3v) is 3.12. The van der Waals surface area contributed by atoms with E-state index in [2.05, 4.69) is 0 Å². The second-order valence-corrected chi connectivity index (χ2v) is 5.21. The molecule has 0 atom stereocenters. The molecule has 0 radical (unpaired) electrons. The Labute approximate surface area is 114 Å². The number of methoxy groups -OCH3 is 1. The number of carboxylic acid groups (broad SMARTS) is 1. The lowest BCUT2D eigenvalue weighted by molar-refractivity contribution is -0.138. The summed E-state index contributed by atoms with van der Waals surface area (Å²) in [4.78, 5) is 11.0. The Hall–Kier alpha value is -1.71. The van der Waals surface area contributed by atoms with Crippen LogP contribution in [0.15, 0.2) is 12.1 Å². The van der Waals surface area contributed by atoms with Gasteiger partial charge in [-0.25, -0.2) is 0 Å². The van der Waals surface area contributed by atoms with Gasteiger partial charge in [0.2, 0.25) is 0 Å². The molecule has 1 aromatic carbocycles. The van der Waals surface area contributed by atoms with Gasteiger partial charge >= 0.3 is 5.97 Å². The standard InChI is InChI=1S/C15H22O4/c1-6-19-12-8-11(13(18-5)7-10(12)2)15(3,4)9-14(16)17/h7-8H,6,9H2,1-5H3,(H,16,17). The van der Waals surface area contributed by atoms with Gasteiger partial charge < -0.3 is 14.6 Å². The van der Waals surface area contributed by atoms with E-state index in [0.717, 1.165) is 16.9 Å². The second-order valence-electron chi connectivity index (χ2n) is 5.21. The van der Waals surface area contributed by atoms with Crippen molar-refractivity contribution in [3.05, 3.63) is 23.3 Å². The molecule has 4 nitrogen and oxygen atoms in total. The minimum atomic E-state index is -0.828. The van der Waals surface area contributed by atoms with Gasteiger partial charge in [0.1, 0.15) is 11.5 Å². The molecule has 0 aliphatic carbocycles. The zero-order valence-electron chi connectivity index (χ0n) is 12.2. The van der Waals surface area contributed by atoms with Gasteiger partial charge in [0.05, 0.1) is 20.1 Å². The van der Waals surface area contributed by atoms with E-state index >= 15 is 0 Å². The highest BCUT2D eigenvalue weighted by atomic mass is 16.5. The molecule has 4 heteroatoms. The summed E-state index contributed by atoms with van der Waals surface area (Å²) >= 11 is 0. The van der Waals surface area contributed by atoms with E-state index in [1.807, 2.05) is 39.8 Å². The van der Waals surface area contributed by atoms with Gasteiger partial charge in [-0.15, -0.1) is 0 Å². The summed E-state index contributed by atoms with van der Waals surface area (Å²) in [7, 11) is 1.59. The molecule has 0 aromatic heterocycles. The van der Waals surface area contributed by atoms with E-state index in [-0.39, 0.29) is 6.42 Å². The third kappa shape index (κ3) is 3.63. The summed E-state index contributed by atoms with van der Waals surface area (Å²) in [5.41, 5.74) is 1.32. The second kappa shape index (κ2) is 5.95. The van der Waals surface area contributed by atoms with Crippen LogP contribution >= 0.6 is 0 Å². The number of carbonyl (C=O) groups is 1. The van der Waals surface area contributed by atoms with Crippen molar-refractivity contribution in [1.29, 1.82) is 0 Å². The summed E-state index contributed by atoms with van der Waals surface area (Å²) in [6.07, 6.45) is 0.0397. The summed E-state index contributed by atoms with van der Waals surface area (Å²) in [6, 6.07) is 3.78. The Morgan fingerprint density at radius 2 is 1.95 bits per heavy atom. The summed E-state index contributed by atoms with van der Waals surface area (Å²) in [5, 5.41) is 9.03. The van der Waals surface area contributed by atoms with Crippen LogP contribution in [-0.2, 0) is 10.2 Å². The maximum absolute atomic E-state index is 11.0. The van der Waals surface area contributed by atoms with Crippen LogP contribution in [0.1, 0.15) is 38.3 Å². The zero-order chi connectivity index (χ0) is 14.6. The fourth-order valence-corrected chi connectivity index (χ4v) is 2.14. The predicted molar refractivity (Wildman–Crippen MR) is 74.2 cm³/mol. The van der Waals surface area contributed by atoms with Gasteiger partial charge in [-0.1, -0.05) is 13.8 Å². The number of hydrogen-bond donors (Lipinski definition) is 1. The minimum Gasteiger partial charge on any atom is -0.496 e. The molecule has 0 spiro atoms. The molecule has 0 saturated carbocycles.